The van der Waals surface area contributed by atoms with Gasteiger partial charge in [-0.15, -0.1) is 0 Å². The van der Waals surface area contributed by atoms with Gasteiger partial charge in [-0.05, 0) is 56.8 Å². The van der Waals surface area contributed by atoms with Crippen LogP contribution in [0, 0.1) is 12.8 Å². The molecule has 2 heterocycles. The van der Waals surface area contributed by atoms with E-state index in [2.05, 4.69) is 20.4 Å². The third-order valence-corrected chi connectivity index (χ3v) is 6.23. The third kappa shape index (κ3) is 5.96. The van der Waals surface area contributed by atoms with Crippen molar-refractivity contribution in [3.63, 3.8) is 0 Å². The number of halogens is 1. The highest BCUT2D eigenvalue weighted by atomic mass is 35.5. The maximum atomic E-state index is 12.7. The number of nitrogens with one attached hydrogen (secondary N) is 1. The molecule has 1 atom stereocenters. The van der Waals surface area contributed by atoms with E-state index in [1.807, 2.05) is 55.5 Å². The van der Waals surface area contributed by atoms with Crippen molar-refractivity contribution in [1.82, 2.24) is 20.4 Å². The summed E-state index contributed by atoms with van der Waals surface area (Å²) in [6.45, 7) is 4.90. The standard InChI is InChI=1S/C25H29ClN4O2/c1-18-7-4-9-20(15-18)24-28-23(32-29-24)17-30-14-6-11-21(16-30)25(31)27-13-5-10-19-8-2-3-12-22(19)26/h2-4,7-9,12,15,21H,5-6,10-11,13-14,16-17H2,1H3,(H,27,31). The molecule has 1 aliphatic rings. The summed E-state index contributed by atoms with van der Waals surface area (Å²) in [6, 6.07) is 15.9. The minimum atomic E-state index is -0.0109. The first-order chi connectivity index (χ1) is 15.6. The summed E-state index contributed by atoms with van der Waals surface area (Å²) in [4.78, 5) is 19.5. The second-order valence-corrected chi connectivity index (χ2v) is 8.85. The predicted octanol–water partition coefficient (Wildman–Crippen LogP) is 4.66. The lowest BCUT2D eigenvalue weighted by atomic mass is 9.97. The third-order valence-electron chi connectivity index (χ3n) is 5.86. The van der Waals surface area contributed by atoms with E-state index in [4.69, 9.17) is 16.1 Å². The largest absolute Gasteiger partial charge is 0.356 e. The maximum absolute atomic E-state index is 12.7. The van der Waals surface area contributed by atoms with Gasteiger partial charge in [0.2, 0.25) is 17.6 Å². The van der Waals surface area contributed by atoms with Crippen LogP contribution in [0.15, 0.2) is 53.1 Å². The van der Waals surface area contributed by atoms with Crippen LogP contribution in [0.4, 0.5) is 0 Å². The lowest BCUT2D eigenvalue weighted by molar-refractivity contribution is -0.126. The number of benzene rings is 2. The van der Waals surface area contributed by atoms with E-state index in [1.54, 1.807) is 0 Å². The van der Waals surface area contributed by atoms with Crippen molar-refractivity contribution in [2.24, 2.45) is 5.92 Å². The van der Waals surface area contributed by atoms with Gasteiger partial charge in [0, 0.05) is 23.7 Å². The fourth-order valence-corrected chi connectivity index (χ4v) is 4.39. The molecule has 1 N–H and O–H groups in total. The molecule has 168 valence electrons. The zero-order chi connectivity index (χ0) is 22.3. The Balaban J connectivity index is 1.24. The number of nitrogens with zero attached hydrogens (tertiary/aromatic N) is 3. The quantitative estimate of drug-likeness (QED) is 0.503. The van der Waals surface area contributed by atoms with Crippen molar-refractivity contribution >= 4 is 17.5 Å². The molecule has 3 aromatic rings. The minimum Gasteiger partial charge on any atom is -0.356 e. The Bertz CT molecular complexity index is 1050. The highest BCUT2D eigenvalue weighted by Gasteiger charge is 2.26. The summed E-state index contributed by atoms with van der Waals surface area (Å²) in [6.07, 6.45) is 3.62. The molecule has 32 heavy (non-hydrogen) atoms. The number of hydrogen-bond donors (Lipinski definition) is 1. The lowest BCUT2D eigenvalue weighted by Crippen LogP contribution is -2.43. The molecule has 1 aliphatic heterocycles. The number of carbonyl (C=O) groups is 1. The Labute approximate surface area is 194 Å². The summed E-state index contributed by atoms with van der Waals surface area (Å²) < 4.78 is 5.47. The fraction of sp³-hybridized carbons (Fsp3) is 0.400. The van der Waals surface area contributed by atoms with Crippen molar-refractivity contribution < 1.29 is 9.32 Å². The van der Waals surface area contributed by atoms with Crippen LogP contribution in [0.3, 0.4) is 0 Å². The Hall–Kier alpha value is -2.70. The first-order valence-corrected chi connectivity index (χ1v) is 11.6. The molecule has 6 nitrogen and oxygen atoms in total. The molecule has 2 aromatic carbocycles. The minimum absolute atomic E-state index is 0.0109. The first-order valence-electron chi connectivity index (χ1n) is 11.2. The Morgan fingerprint density at radius 1 is 1.25 bits per heavy atom. The predicted molar refractivity (Wildman–Crippen MR) is 125 cm³/mol. The van der Waals surface area contributed by atoms with E-state index in [0.29, 0.717) is 31.3 Å². The van der Waals surface area contributed by atoms with Crippen molar-refractivity contribution in [2.75, 3.05) is 19.6 Å². The highest BCUT2D eigenvalue weighted by Crippen LogP contribution is 2.21. The van der Waals surface area contributed by atoms with Crippen LogP contribution in [-0.4, -0.2) is 40.6 Å². The molecule has 0 bridgehead atoms. The van der Waals surface area contributed by atoms with Gasteiger partial charge in [0.1, 0.15) is 0 Å². The Morgan fingerprint density at radius 2 is 2.12 bits per heavy atom. The molecular weight excluding hydrogens is 424 g/mol. The average Bonchev–Trinajstić information content (AvgIpc) is 3.26. The molecule has 0 spiro atoms. The zero-order valence-corrected chi connectivity index (χ0v) is 19.1. The molecule has 0 aliphatic carbocycles. The summed E-state index contributed by atoms with van der Waals surface area (Å²) in [5, 5.41) is 8.01. The second kappa shape index (κ2) is 10.7. The maximum Gasteiger partial charge on any atom is 0.241 e. The summed E-state index contributed by atoms with van der Waals surface area (Å²) >= 11 is 6.20. The fourth-order valence-electron chi connectivity index (χ4n) is 4.16. The van der Waals surface area contributed by atoms with Gasteiger partial charge in [-0.3, -0.25) is 9.69 Å². The molecule has 7 heteroatoms. The van der Waals surface area contributed by atoms with Crippen molar-refractivity contribution in [3.8, 4) is 11.4 Å². The van der Waals surface area contributed by atoms with E-state index in [-0.39, 0.29) is 11.8 Å². The molecule has 1 unspecified atom stereocenters. The van der Waals surface area contributed by atoms with E-state index >= 15 is 0 Å². The van der Waals surface area contributed by atoms with E-state index in [0.717, 1.165) is 53.9 Å². The number of aryl methyl sites for hydroxylation is 2. The van der Waals surface area contributed by atoms with Gasteiger partial charge < -0.3 is 9.84 Å². The van der Waals surface area contributed by atoms with Crippen LogP contribution in [-0.2, 0) is 17.8 Å². The van der Waals surface area contributed by atoms with Crippen molar-refractivity contribution in [3.05, 3.63) is 70.6 Å². The van der Waals surface area contributed by atoms with Crippen LogP contribution in [0.2, 0.25) is 5.02 Å². The van der Waals surface area contributed by atoms with Crippen LogP contribution >= 0.6 is 11.6 Å². The summed E-state index contributed by atoms with van der Waals surface area (Å²) in [5.74, 6) is 1.30. The molecular formula is C25H29ClN4O2. The number of rotatable bonds is 8. The van der Waals surface area contributed by atoms with Gasteiger partial charge in [-0.1, -0.05) is 58.7 Å². The highest BCUT2D eigenvalue weighted by molar-refractivity contribution is 6.31. The van der Waals surface area contributed by atoms with Gasteiger partial charge in [-0.2, -0.15) is 4.98 Å². The Morgan fingerprint density at radius 3 is 2.97 bits per heavy atom. The molecule has 1 fully saturated rings. The van der Waals surface area contributed by atoms with E-state index in [1.165, 1.54) is 0 Å². The monoisotopic (exact) mass is 452 g/mol. The average molecular weight is 453 g/mol. The number of likely N-dealkylation sites (tertiary alicyclic amines) is 1. The SMILES string of the molecule is Cc1cccc(-c2noc(CN3CCCC(C(=O)NCCCc4ccccc4Cl)C3)n2)c1. The molecule has 1 aromatic heterocycles. The molecule has 1 amide bonds. The molecule has 1 saturated heterocycles. The first kappa shape index (κ1) is 22.5. The summed E-state index contributed by atoms with van der Waals surface area (Å²) in [7, 11) is 0. The number of hydrogen-bond acceptors (Lipinski definition) is 5. The van der Waals surface area contributed by atoms with Gasteiger partial charge in [0.15, 0.2) is 0 Å². The number of piperidine rings is 1. The van der Waals surface area contributed by atoms with Crippen LogP contribution in [0.5, 0.6) is 0 Å². The molecule has 0 radical (unpaired) electrons. The van der Waals surface area contributed by atoms with Gasteiger partial charge in [0.05, 0.1) is 12.5 Å². The van der Waals surface area contributed by atoms with Crippen LogP contribution in [0.25, 0.3) is 11.4 Å². The Kier molecular flexibility index (Phi) is 7.55. The second-order valence-electron chi connectivity index (χ2n) is 8.44. The van der Waals surface area contributed by atoms with Gasteiger partial charge in [-0.25, -0.2) is 0 Å². The van der Waals surface area contributed by atoms with Crippen LogP contribution in [0.1, 0.15) is 36.3 Å². The van der Waals surface area contributed by atoms with Gasteiger partial charge >= 0.3 is 0 Å². The van der Waals surface area contributed by atoms with Crippen LogP contribution < -0.4 is 5.32 Å². The van der Waals surface area contributed by atoms with Crippen molar-refractivity contribution in [1.29, 1.82) is 0 Å². The topological polar surface area (TPSA) is 71.3 Å². The zero-order valence-electron chi connectivity index (χ0n) is 18.4. The number of carbonyl (C=O) groups excluding carboxylic acids is 1. The van der Waals surface area contributed by atoms with Gasteiger partial charge in [0.25, 0.3) is 0 Å². The van der Waals surface area contributed by atoms with E-state index < -0.39 is 0 Å². The van der Waals surface area contributed by atoms with E-state index in [9.17, 15) is 4.79 Å². The normalized spacial score (nSPS) is 16.8. The lowest BCUT2D eigenvalue weighted by Gasteiger charge is -2.30. The number of aromatic nitrogens is 2. The molecule has 4 rings (SSSR count). The van der Waals surface area contributed by atoms with Crippen molar-refractivity contribution in [2.45, 2.75) is 39.2 Å². The molecule has 0 saturated carbocycles. The summed E-state index contributed by atoms with van der Waals surface area (Å²) in [5.41, 5.74) is 3.23. The number of amides is 1. The smallest absolute Gasteiger partial charge is 0.241 e.